The molecule has 4 atom stereocenters. The number of alkyl carbamates (subject to hydrolysis) is 1. The van der Waals surface area contributed by atoms with Gasteiger partial charge in [-0.15, -0.1) is 0 Å². The number of carbonyl (C=O) groups excluding carboxylic acids is 4. The third-order valence-corrected chi connectivity index (χ3v) is 13.3. The number of esters is 1. The lowest BCUT2D eigenvalue weighted by Gasteiger charge is -2.35. The van der Waals surface area contributed by atoms with E-state index in [1.165, 1.54) is 19.2 Å². The van der Waals surface area contributed by atoms with Gasteiger partial charge in [0.15, 0.2) is 0 Å². The van der Waals surface area contributed by atoms with Gasteiger partial charge < -0.3 is 43.7 Å². The monoisotopic (exact) mass is 1030 g/mol. The molecule has 2 aromatic heterocycles. The van der Waals surface area contributed by atoms with Gasteiger partial charge >= 0.3 is 18.2 Å². The molecule has 16 nitrogen and oxygen atoms in total. The van der Waals surface area contributed by atoms with Gasteiger partial charge in [0.05, 0.1) is 42.0 Å². The molecule has 398 valence electrons. The third kappa shape index (κ3) is 13.1. The summed E-state index contributed by atoms with van der Waals surface area (Å²) in [7, 11) is 2.77. The minimum absolute atomic E-state index is 0.0147. The molecule has 3 aromatic carbocycles. The standard InChI is InChI=1S/C55H68F3N7O9/c1-34(71-7)46-41(29-39(31-59-46)62-22-24-63(25-23-62)53(70)73-32-35-14-10-9-11-15-35)47-42(30-55(5,6)33-66)40-28-38(19-20-45(40)65(47)49(58)48(56)57)37-17-12-16-36(26-37)27-44(60-52(69)74-54(2,3)4)50(67)64-21-13-18-43(61-64)51(68)72-8/h9-12,14-17,19-20,26,28-29,31,34,43-44,48-49,61,66H,13,18,21-25,27,30,32-33H2,1-8H3,(H,60,69)/t34-,43?,44?,49?/m0/s1. The summed E-state index contributed by atoms with van der Waals surface area (Å²) in [5, 5.41) is 15.2. The molecule has 74 heavy (non-hydrogen) atoms. The van der Waals surface area contributed by atoms with Crippen molar-refractivity contribution in [1.29, 1.82) is 0 Å². The Morgan fingerprint density at radius 3 is 2.24 bits per heavy atom. The molecule has 2 aliphatic heterocycles. The van der Waals surface area contributed by atoms with Gasteiger partial charge in [-0.1, -0.05) is 74.5 Å². The number of carbonyl (C=O) groups is 4. The number of hydrazine groups is 1. The molecule has 4 heterocycles. The largest absolute Gasteiger partial charge is 0.468 e. The van der Waals surface area contributed by atoms with E-state index < -0.39 is 66.0 Å². The molecule has 0 bridgehead atoms. The molecule has 19 heteroatoms. The fourth-order valence-corrected chi connectivity index (χ4v) is 9.36. The Bertz CT molecular complexity index is 2780. The number of fused-ring (bicyclic) bond motifs is 1. The van der Waals surface area contributed by atoms with E-state index in [9.17, 15) is 33.1 Å². The first-order valence-electron chi connectivity index (χ1n) is 24.9. The second kappa shape index (κ2) is 23.7. The zero-order chi connectivity index (χ0) is 53.5. The number of hydrogen-bond donors (Lipinski definition) is 3. The number of ether oxygens (including phenoxy) is 4. The lowest BCUT2D eigenvalue weighted by molar-refractivity contribution is -0.150. The molecule has 0 saturated carbocycles. The highest BCUT2D eigenvalue weighted by atomic mass is 19.3. The van der Waals surface area contributed by atoms with Crippen LogP contribution in [0.5, 0.6) is 0 Å². The summed E-state index contributed by atoms with van der Waals surface area (Å²) in [6.07, 6.45) is -5.35. The lowest BCUT2D eigenvalue weighted by atomic mass is 9.84. The highest BCUT2D eigenvalue weighted by Crippen LogP contribution is 2.45. The Morgan fingerprint density at radius 2 is 1.58 bits per heavy atom. The highest BCUT2D eigenvalue weighted by molar-refractivity contribution is 5.96. The van der Waals surface area contributed by atoms with Crippen LogP contribution in [-0.4, -0.2) is 126 Å². The number of benzene rings is 3. The summed E-state index contributed by atoms with van der Waals surface area (Å²) >= 11 is 0. The van der Waals surface area contributed by atoms with Gasteiger partial charge in [0.2, 0.25) is 6.30 Å². The first kappa shape index (κ1) is 55.1. The fourth-order valence-electron chi connectivity index (χ4n) is 9.36. The number of methoxy groups -OCH3 is 2. The van der Waals surface area contributed by atoms with Gasteiger partial charge in [-0.2, -0.15) is 0 Å². The summed E-state index contributed by atoms with van der Waals surface area (Å²) in [6, 6.07) is 21.7. The number of pyridine rings is 1. The summed E-state index contributed by atoms with van der Waals surface area (Å²) < 4.78 is 69.5. The number of nitrogens with zero attached hydrogens (tertiary/aromatic N) is 5. The zero-order valence-electron chi connectivity index (χ0n) is 43.3. The Labute approximate surface area is 430 Å². The number of aliphatic hydroxyl groups excluding tert-OH is 1. The third-order valence-electron chi connectivity index (χ3n) is 13.3. The van der Waals surface area contributed by atoms with Crippen molar-refractivity contribution < 1.29 is 56.4 Å². The predicted octanol–water partition coefficient (Wildman–Crippen LogP) is 8.94. The van der Waals surface area contributed by atoms with Crippen LogP contribution < -0.4 is 15.6 Å². The minimum Gasteiger partial charge on any atom is -0.468 e. The molecule has 0 radical (unpaired) electrons. The van der Waals surface area contributed by atoms with Crippen LogP contribution in [0, 0.1) is 5.41 Å². The smallest absolute Gasteiger partial charge is 0.410 e. The van der Waals surface area contributed by atoms with Crippen molar-refractivity contribution >= 4 is 40.7 Å². The van der Waals surface area contributed by atoms with Crippen molar-refractivity contribution in [3.05, 3.63) is 107 Å². The maximum atomic E-state index is 16.6. The molecule has 2 fully saturated rings. The second-order valence-electron chi connectivity index (χ2n) is 20.6. The zero-order valence-corrected chi connectivity index (χ0v) is 43.3. The van der Waals surface area contributed by atoms with E-state index in [2.05, 4.69) is 10.7 Å². The molecule has 3 unspecified atom stereocenters. The normalized spacial score (nSPS) is 16.7. The SMILES string of the molecule is COC(=O)C1CCCN(C(=O)C(Cc2cccc(-c3ccc4c(c3)c(CC(C)(C)CO)c(-c3cc(N5CCN(C(=O)OCc6ccccc6)CC5)cnc3[C@H](C)OC)n4C(F)C(F)F)c2)NC(=O)OC(C)(C)C)N1. The average Bonchev–Trinajstić information content (AvgIpc) is 3.70. The molecular weight excluding hydrogens is 960 g/mol. The Hall–Kier alpha value is -6.70. The van der Waals surface area contributed by atoms with E-state index >= 15 is 4.39 Å². The Morgan fingerprint density at radius 1 is 0.878 bits per heavy atom. The number of amides is 3. The van der Waals surface area contributed by atoms with Crippen LogP contribution in [0.1, 0.15) is 89.2 Å². The van der Waals surface area contributed by atoms with Crippen LogP contribution in [0.25, 0.3) is 33.3 Å². The first-order valence-corrected chi connectivity index (χ1v) is 24.9. The van der Waals surface area contributed by atoms with Gasteiger partial charge in [-0.3, -0.25) is 19.6 Å². The number of halogens is 3. The maximum Gasteiger partial charge on any atom is 0.410 e. The second-order valence-corrected chi connectivity index (χ2v) is 20.6. The van der Waals surface area contributed by atoms with Gasteiger partial charge in [0.25, 0.3) is 12.3 Å². The van der Waals surface area contributed by atoms with E-state index in [0.717, 1.165) is 10.1 Å². The molecule has 2 saturated heterocycles. The van der Waals surface area contributed by atoms with Gasteiger partial charge in [0, 0.05) is 63.8 Å². The van der Waals surface area contributed by atoms with Crippen LogP contribution in [0.2, 0.25) is 0 Å². The van der Waals surface area contributed by atoms with Crippen molar-refractivity contribution in [2.45, 2.75) is 110 Å². The van der Waals surface area contributed by atoms with Crippen molar-refractivity contribution in [2.24, 2.45) is 5.41 Å². The number of anilines is 1. The highest BCUT2D eigenvalue weighted by Gasteiger charge is 2.36. The number of piperazine rings is 1. The van der Waals surface area contributed by atoms with Gasteiger partial charge in [0.1, 0.15) is 24.3 Å². The van der Waals surface area contributed by atoms with Gasteiger partial charge in [-0.05, 0) is 98.4 Å². The van der Waals surface area contributed by atoms with Crippen molar-refractivity contribution in [3.8, 4) is 22.4 Å². The quantitative estimate of drug-likeness (QED) is 0.0596. The number of aromatic nitrogens is 2. The number of hydrogen-bond acceptors (Lipinski definition) is 12. The van der Waals surface area contributed by atoms with Crippen LogP contribution >= 0.6 is 0 Å². The van der Waals surface area contributed by atoms with Crippen LogP contribution in [0.3, 0.4) is 0 Å². The first-order chi connectivity index (χ1) is 35.2. The molecular formula is C55H68F3N7O9. The number of nitrogens with one attached hydrogen (secondary N) is 2. The molecule has 0 spiro atoms. The molecule has 0 aliphatic carbocycles. The average molecular weight is 1030 g/mol. The number of rotatable bonds is 17. The van der Waals surface area contributed by atoms with Crippen molar-refractivity contribution in [2.75, 3.05) is 58.5 Å². The van der Waals surface area contributed by atoms with E-state index in [4.69, 9.17) is 23.9 Å². The van der Waals surface area contributed by atoms with Crippen molar-refractivity contribution in [3.63, 3.8) is 0 Å². The van der Waals surface area contributed by atoms with Crippen LogP contribution in [0.15, 0.2) is 85.1 Å². The summed E-state index contributed by atoms with van der Waals surface area (Å²) in [5.41, 5.74) is 6.30. The predicted molar refractivity (Wildman–Crippen MR) is 274 cm³/mol. The number of aliphatic hydroxyl groups is 1. The molecule has 7 rings (SSSR count). The topological polar surface area (TPSA) is 177 Å². The van der Waals surface area contributed by atoms with Crippen LogP contribution in [-0.2, 0) is 48.0 Å². The van der Waals surface area contributed by atoms with Crippen molar-refractivity contribution in [1.82, 2.24) is 30.2 Å². The van der Waals surface area contributed by atoms with E-state index in [1.807, 2.05) is 73.3 Å². The van der Waals surface area contributed by atoms with E-state index in [-0.39, 0.29) is 43.8 Å². The fraction of sp³-hybridized carbons (Fsp3) is 0.473. The Kier molecular flexibility index (Phi) is 17.6. The Balaban J connectivity index is 1.28. The summed E-state index contributed by atoms with van der Waals surface area (Å²) in [4.78, 5) is 61.4. The number of alkyl halides is 3. The minimum atomic E-state index is -3.43. The van der Waals surface area contributed by atoms with Gasteiger partial charge in [-0.25, -0.2) is 28.2 Å². The molecule has 2 aliphatic rings. The molecule has 5 aromatic rings. The lowest BCUT2D eigenvalue weighted by Crippen LogP contribution is -2.60. The summed E-state index contributed by atoms with van der Waals surface area (Å²) in [5.74, 6) is -1.02. The van der Waals surface area contributed by atoms with E-state index in [0.29, 0.717) is 83.6 Å². The maximum absolute atomic E-state index is 16.6. The van der Waals surface area contributed by atoms with Crippen LogP contribution in [0.4, 0.5) is 28.4 Å². The summed E-state index contributed by atoms with van der Waals surface area (Å²) in [6.45, 7) is 12.2. The molecule has 3 N–H and O–H groups in total. The van der Waals surface area contributed by atoms with E-state index in [1.54, 1.807) is 63.1 Å². The molecule has 3 amide bonds.